The minimum Gasteiger partial charge on any atom is -0.383 e. The number of aryl methyl sites for hydroxylation is 1. The van der Waals surface area contributed by atoms with Gasteiger partial charge in [-0.1, -0.05) is 12.1 Å². The van der Waals surface area contributed by atoms with Crippen LogP contribution in [0, 0.1) is 6.92 Å². The molecule has 2 nitrogen and oxygen atoms in total. The molecule has 0 saturated heterocycles. The maximum absolute atomic E-state index is 3.48. The zero-order valence-corrected chi connectivity index (χ0v) is 8.30. The van der Waals surface area contributed by atoms with Crippen LogP contribution < -0.4 is 10.2 Å². The van der Waals surface area contributed by atoms with Crippen molar-refractivity contribution in [3.63, 3.8) is 0 Å². The van der Waals surface area contributed by atoms with Crippen molar-refractivity contribution < 1.29 is 0 Å². The van der Waals surface area contributed by atoms with E-state index in [1.165, 1.54) is 23.4 Å². The first-order valence-corrected chi connectivity index (χ1v) is 4.83. The predicted molar refractivity (Wildman–Crippen MR) is 57.6 cm³/mol. The Morgan fingerprint density at radius 3 is 3.08 bits per heavy atom. The largest absolute Gasteiger partial charge is 0.383 e. The Kier molecular flexibility index (Phi) is 2.13. The number of rotatable bonds is 0. The Morgan fingerprint density at radius 1 is 1.38 bits per heavy atom. The SMILES string of the molecule is Cc1cccc2c1NCCCN2C. The number of nitrogens with zero attached hydrogens (tertiary/aromatic N) is 1. The van der Waals surface area contributed by atoms with Crippen LogP contribution in [0.3, 0.4) is 0 Å². The van der Waals surface area contributed by atoms with Gasteiger partial charge >= 0.3 is 0 Å². The van der Waals surface area contributed by atoms with Crippen molar-refractivity contribution in [2.75, 3.05) is 30.4 Å². The van der Waals surface area contributed by atoms with Gasteiger partial charge in [-0.15, -0.1) is 0 Å². The quantitative estimate of drug-likeness (QED) is 0.652. The molecule has 0 spiro atoms. The number of para-hydroxylation sites is 1. The summed E-state index contributed by atoms with van der Waals surface area (Å²) in [5.41, 5.74) is 3.98. The molecule has 0 amide bonds. The van der Waals surface area contributed by atoms with Crippen molar-refractivity contribution in [3.8, 4) is 0 Å². The molecule has 0 atom stereocenters. The summed E-state index contributed by atoms with van der Waals surface area (Å²) in [6.07, 6.45) is 1.21. The van der Waals surface area contributed by atoms with Crippen LogP contribution in [0.25, 0.3) is 0 Å². The van der Waals surface area contributed by atoms with Crippen molar-refractivity contribution in [3.05, 3.63) is 23.8 Å². The number of hydrogen-bond donors (Lipinski definition) is 1. The topological polar surface area (TPSA) is 15.3 Å². The number of nitrogens with one attached hydrogen (secondary N) is 1. The third-order valence-electron chi connectivity index (χ3n) is 2.63. The fraction of sp³-hybridized carbons (Fsp3) is 0.455. The second kappa shape index (κ2) is 3.29. The van der Waals surface area contributed by atoms with Crippen molar-refractivity contribution in [2.24, 2.45) is 0 Å². The monoisotopic (exact) mass is 176 g/mol. The molecule has 0 bridgehead atoms. The maximum Gasteiger partial charge on any atom is 0.0607 e. The lowest BCUT2D eigenvalue weighted by molar-refractivity contribution is 0.837. The standard InChI is InChI=1S/C11H16N2/c1-9-5-3-6-10-11(9)12-7-4-8-13(10)2/h3,5-6,12H,4,7-8H2,1-2H3. The van der Waals surface area contributed by atoms with Gasteiger partial charge in [0.15, 0.2) is 0 Å². The minimum atomic E-state index is 1.09. The molecule has 1 aliphatic rings. The molecule has 0 saturated carbocycles. The first-order valence-electron chi connectivity index (χ1n) is 4.83. The Hall–Kier alpha value is -1.18. The van der Waals surface area contributed by atoms with E-state index in [4.69, 9.17) is 0 Å². The van der Waals surface area contributed by atoms with Crippen LogP contribution >= 0.6 is 0 Å². The van der Waals surface area contributed by atoms with Gasteiger partial charge in [0, 0.05) is 20.1 Å². The number of benzene rings is 1. The summed E-state index contributed by atoms with van der Waals surface area (Å²) in [6, 6.07) is 6.46. The molecule has 0 aromatic heterocycles. The molecule has 1 heterocycles. The van der Waals surface area contributed by atoms with Gasteiger partial charge in [-0.3, -0.25) is 0 Å². The molecular formula is C11H16N2. The smallest absolute Gasteiger partial charge is 0.0607 e. The lowest BCUT2D eigenvalue weighted by atomic mass is 10.1. The number of anilines is 2. The van der Waals surface area contributed by atoms with Gasteiger partial charge in [-0.25, -0.2) is 0 Å². The van der Waals surface area contributed by atoms with E-state index in [0.717, 1.165) is 13.1 Å². The highest BCUT2D eigenvalue weighted by Crippen LogP contribution is 2.30. The van der Waals surface area contributed by atoms with E-state index in [2.05, 4.69) is 42.4 Å². The molecule has 2 rings (SSSR count). The van der Waals surface area contributed by atoms with Crippen LogP contribution in [0.5, 0.6) is 0 Å². The molecular weight excluding hydrogens is 160 g/mol. The summed E-state index contributed by atoms with van der Waals surface area (Å²) >= 11 is 0. The predicted octanol–water partition coefficient (Wildman–Crippen LogP) is 2.25. The Labute approximate surface area is 79.6 Å². The van der Waals surface area contributed by atoms with Gasteiger partial charge < -0.3 is 10.2 Å². The Morgan fingerprint density at radius 2 is 2.23 bits per heavy atom. The second-order valence-corrected chi connectivity index (χ2v) is 3.67. The Bertz CT molecular complexity index is 307. The van der Waals surface area contributed by atoms with E-state index in [-0.39, 0.29) is 0 Å². The fourth-order valence-electron chi connectivity index (χ4n) is 1.85. The molecule has 1 N–H and O–H groups in total. The molecule has 13 heavy (non-hydrogen) atoms. The third-order valence-corrected chi connectivity index (χ3v) is 2.63. The first-order chi connectivity index (χ1) is 6.29. The molecule has 2 heteroatoms. The van der Waals surface area contributed by atoms with E-state index >= 15 is 0 Å². The van der Waals surface area contributed by atoms with Crippen LogP contribution in [-0.2, 0) is 0 Å². The van der Waals surface area contributed by atoms with Gasteiger partial charge in [0.2, 0.25) is 0 Å². The van der Waals surface area contributed by atoms with Gasteiger partial charge in [0.1, 0.15) is 0 Å². The van der Waals surface area contributed by atoms with Gasteiger partial charge in [-0.05, 0) is 25.0 Å². The van der Waals surface area contributed by atoms with Crippen LogP contribution in [0.4, 0.5) is 11.4 Å². The van der Waals surface area contributed by atoms with Gasteiger partial charge in [0.05, 0.1) is 11.4 Å². The average molecular weight is 176 g/mol. The second-order valence-electron chi connectivity index (χ2n) is 3.67. The van der Waals surface area contributed by atoms with E-state index in [1.54, 1.807) is 0 Å². The van der Waals surface area contributed by atoms with Crippen LogP contribution in [0.15, 0.2) is 18.2 Å². The maximum atomic E-state index is 3.48. The molecule has 1 aromatic carbocycles. The lowest BCUT2D eigenvalue weighted by Gasteiger charge is -2.19. The van der Waals surface area contributed by atoms with E-state index in [9.17, 15) is 0 Å². The molecule has 0 fully saturated rings. The molecule has 1 aromatic rings. The summed E-state index contributed by atoms with van der Waals surface area (Å²) in [6.45, 7) is 4.39. The summed E-state index contributed by atoms with van der Waals surface area (Å²) < 4.78 is 0. The molecule has 1 aliphatic heterocycles. The molecule has 0 unspecified atom stereocenters. The van der Waals surface area contributed by atoms with Crippen molar-refractivity contribution in [1.82, 2.24) is 0 Å². The first kappa shape index (κ1) is 8.42. The van der Waals surface area contributed by atoms with Gasteiger partial charge in [-0.2, -0.15) is 0 Å². The van der Waals surface area contributed by atoms with Crippen molar-refractivity contribution in [1.29, 1.82) is 0 Å². The fourth-order valence-corrected chi connectivity index (χ4v) is 1.85. The molecule has 70 valence electrons. The number of fused-ring (bicyclic) bond motifs is 1. The normalized spacial score (nSPS) is 16.0. The van der Waals surface area contributed by atoms with Crippen molar-refractivity contribution in [2.45, 2.75) is 13.3 Å². The van der Waals surface area contributed by atoms with E-state index < -0.39 is 0 Å². The highest BCUT2D eigenvalue weighted by molar-refractivity contribution is 5.73. The van der Waals surface area contributed by atoms with E-state index in [0.29, 0.717) is 0 Å². The lowest BCUT2D eigenvalue weighted by Crippen LogP contribution is -2.17. The summed E-state index contributed by atoms with van der Waals surface area (Å²) in [7, 11) is 2.16. The minimum absolute atomic E-state index is 1.09. The average Bonchev–Trinajstić information content (AvgIpc) is 2.30. The third kappa shape index (κ3) is 1.48. The van der Waals surface area contributed by atoms with Crippen molar-refractivity contribution >= 4 is 11.4 Å². The van der Waals surface area contributed by atoms with Gasteiger partial charge in [0.25, 0.3) is 0 Å². The summed E-state index contributed by atoms with van der Waals surface area (Å²) in [5.74, 6) is 0. The molecule has 0 aliphatic carbocycles. The Balaban J connectivity index is 2.47. The highest BCUT2D eigenvalue weighted by atomic mass is 15.1. The zero-order valence-electron chi connectivity index (χ0n) is 8.30. The molecule has 0 radical (unpaired) electrons. The van der Waals surface area contributed by atoms with Crippen LogP contribution in [0.2, 0.25) is 0 Å². The van der Waals surface area contributed by atoms with Crippen LogP contribution in [0.1, 0.15) is 12.0 Å². The number of hydrogen-bond acceptors (Lipinski definition) is 2. The van der Waals surface area contributed by atoms with E-state index in [1.807, 2.05) is 0 Å². The summed E-state index contributed by atoms with van der Waals surface area (Å²) in [4.78, 5) is 2.32. The zero-order chi connectivity index (χ0) is 9.26. The highest BCUT2D eigenvalue weighted by Gasteiger charge is 2.12. The summed E-state index contributed by atoms with van der Waals surface area (Å²) in [5, 5.41) is 3.48. The van der Waals surface area contributed by atoms with Crippen LogP contribution in [-0.4, -0.2) is 20.1 Å².